The molecule has 0 saturated carbocycles. The highest BCUT2D eigenvalue weighted by atomic mass is 35.5. The third kappa shape index (κ3) is 3.32. The molecule has 0 saturated heterocycles. The lowest BCUT2D eigenvalue weighted by molar-refractivity contribution is 0.556. The van der Waals surface area contributed by atoms with E-state index >= 15 is 0 Å². The van der Waals surface area contributed by atoms with Crippen molar-refractivity contribution < 1.29 is 0 Å². The zero-order valence-electron chi connectivity index (χ0n) is 10.8. The number of halogens is 1. The van der Waals surface area contributed by atoms with Crippen LogP contribution in [0.4, 0.5) is 0 Å². The van der Waals surface area contributed by atoms with E-state index in [0.29, 0.717) is 6.04 Å². The first-order valence-corrected chi connectivity index (χ1v) is 8.02. The maximum absolute atomic E-state index is 6.01. The van der Waals surface area contributed by atoms with Crippen molar-refractivity contribution in [3.05, 3.63) is 36.9 Å². The maximum atomic E-state index is 6.01. The van der Waals surface area contributed by atoms with E-state index < -0.39 is 0 Å². The van der Waals surface area contributed by atoms with E-state index in [2.05, 4.69) is 37.1 Å². The Morgan fingerprint density at radius 1 is 1.33 bits per heavy atom. The molecule has 0 radical (unpaired) electrons. The van der Waals surface area contributed by atoms with Crippen LogP contribution < -0.4 is 5.32 Å². The zero-order valence-corrected chi connectivity index (χ0v) is 13.2. The minimum Gasteiger partial charge on any atom is -0.309 e. The predicted octanol–water partition coefficient (Wildman–Crippen LogP) is 4.37. The summed E-state index contributed by atoms with van der Waals surface area (Å²) in [5, 5.41) is 4.70. The molecule has 0 aliphatic rings. The molecule has 0 aromatic carbocycles. The molecule has 18 heavy (non-hydrogen) atoms. The highest BCUT2D eigenvalue weighted by Gasteiger charge is 2.16. The van der Waals surface area contributed by atoms with Crippen LogP contribution in [0.15, 0.2) is 12.1 Å². The molecule has 1 atom stereocenters. The lowest BCUT2D eigenvalue weighted by atomic mass is 10.2. The number of thiophene rings is 1. The van der Waals surface area contributed by atoms with Gasteiger partial charge in [0.05, 0.1) is 15.0 Å². The standard InChI is InChI=1S/C13H17ClN2S2/c1-4-15-10(11-5-6-12(14)18-11)7-13-16-8(2)9(3)17-13/h5-6,10,15H,4,7H2,1-3H3. The van der Waals surface area contributed by atoms with Crippen LogP contribution in [0.1, 0.15) is 33.4 Å². The number of thiazole rings is 1. The largest absolute Gasteiger partial charge is 0.309 e. The fourth-order valence-electron chi connectivity index (χ4n) is 1.84. The number of nitrogens with zero attached hydrogens (tertiary/aromatic N) is 1. The predicted molar refractivity (Wildman–Crippen MR) is 81.0 cm³/mol. The number of likely N-dealkylation sites (N-methyl/N-ethyl adjacent to an activating group) is 1. The molecule has 1 unspecified atom stereocenters. The van der Waals surface area contributed by atoms with Crippen LogP contribution >= 0.6 is 34.3 Å². The number of hydrogen-bond acceptors (Lipinski definition) is 4. The van der Waals surface area contributed by atoms with Crippen molar-refractivity contribution in [2.45, 2.75) is 33.2 Å². The number of rotatable bonds is 5. The molecule has 0 aliphatic heterocycles. The Bertz CT molecular complexity index is 499. The second-order valence-electron chi connectivity index (χ2n) is 4.21. The Kier molecular flexibility index (Phi) is 4.78. The second-order valence-corrected chi connectivity index (χ2v) is 7.24. The van der Waals surface area contributed by atoms with Gasteiger partial charge in [0, 0.05) is 22.2 Å². The number of hydrogen-bond donors (Lipinski definition) is 1. The van der Waals surface area contributed by atoms with E-state index in [0.717, 1.165) is 23.0 Å². The van der Waals surface area contributed by atoms with Gasteiger partial charge in [0.25, 0.3) is 0 Å². The van der Waals surface area contributed by atoms with E-state index in [4.69, 9.17) is 11.6 Å². The van der Waals surface area contributed by atoms with Gasteiger partial charge in [-0.25, -0.2) is 4.98 Å². The summed E-state index contributed by atoms with van der Waals surface area (Å²) in [6.45, 7) is 7.27. The summed E-state index contributed by atoms with van der Waals surface area (Å²) in [7, 11) is 0. The third-order valence-electron chi connectivity index (χ3n) is 2.84. The third-order valence-corrected chi connectivity index (χ3v) is 5.28. The molecule has 0 bridgehead atoms. The van der Waals surface area contributed by atoms with Gasteiger partial charge in [-0.05, 0) is 32.5 Å². The van der Waals surface area contributed by atoms with E-state index in [1.165, 1.54) is 14.8 Å². The highest BCUT2D eigenvalue weighted by Crippen LogP contribution is 2.30. The second kappa shape index (κ2) is 6.15. The van der Waals surface area contributed by atoms with Crippen LogP contribution in [0.2, 0.25) is 4.34 Å². The van der Waals surface area contributed by atoms with Crippen LogP contribution in [0.3, 0.4) is 0 Å². The molecular weight excluding hydrogens is 284 g/mol. The molecule has 2 aromatic heterocycles. The smallest absolute Gasteiger partial charge is 0.0950 e. The lowest BCUT2D eigenvalue weighted by Gasteiger charge is -2.14. The van der Waals surface area contributed by atoms with Gasteiger partial charge in [0.1, 0.15) is 0 Å². The first-order chi connectivity index (χ1) is 8.60. The van der Waals surface area contributed by atoms with Crippen molar-refractivity contribution in [2.24, 2.45) is 0 Å². The molecule has 0 amide bonds. The van der Waals surface area contributed by atoms with Gasteiger partial charge in [-0.2, -0.15) is 0 Å². The van der Waals surface area contributed by atoms with Crippen molar-refractivity contribution in [3.8, 4) is 0 Å². The Labute approximate surface area is 121 Å². The number of aromatic nitrogens is 1. The molecule has 2 heterocycles. The Hall–Kier alpha value is -0.420. The Morgan fingerprint density at radius 2 is 2.11 bits per heavy atom. The van der Waals surface area contributed by atoms with E-state index in [1.807, 2.05) is 6.07 Å². The summed E-state index contributed by atoms with van der Waals surface area (Å²) in [6.07, 6.45) is 0.935. The lowest BCUT2D eigenvalue weighted by Crippen LogP contribution is -2.22. The fraction of sp³-hybridized carbons (Fsp3) is 0.462. The Balaban J connectivity index is 2.15. The van der Waals surface area contributed by atoms with Crippen LogP contribution in [0.25, 0.3) is 0 Å². The average Bonchev–Trinajstić information content (AvgIpc) is 2.86. The van der Waals surface area contributed by atoms with E-state index in [9.17, 15) is 0 Å². The molecule has 0 spiro atoms. The first-order valence-electron chi connectivity index (χ1n) is 6.01. The molecular formula is C13H17ClN2S2. The molecule has 0 fully saturated rings. The Morgan fingerprint density at radius 3 is 2.61 bits per heavy atom. The minimum atomic E-state index is 0.317. The maximum Gasteiger partial charge on any atom is 0.0950 e. The quantitative estimate of drug-likeness (QED) is 0.887. The molecule has 2 aromatic rings. The summed E-state index contributed by atoms with van der Waals surface area (Å²) in [5.74, 6) is 0. The summed E-state index contributed by atoms with van der Waals surface area (Å²) in [6, 6.07) is 4.38. The van der Waals surface area contributed by atoms with E-state index in [1.54, 1.807) is 22.7 Å². The molecule has 98 valence electrons. The SMILES string of the molecule is CCNC(Cc1nc(C)c(C)s1)c1ccc(Cl)s1. The van der Waals surface area contributed by atoms with Crippen molar-refractivity contribution in [3.63, 3.8) is 0 Å². The normalized spacial score (nSPS) is 12.9. The van der Waals surface area contributed by atoms with Gasteiger partial charge in [-0.15, -0.1) is 22.7 Å². The van der Waals surface area contributed by atoms with Gasteiger partial charge >= 0.3 is 0 Å². The zero-order chi connectivity index (χ0) is 13.1. The fourth-order valence-corrected chi connectivity index (χ4v) is 3.95. The van der Waals surface area contributed by atoms with Gasteiger partial charge in [0.15, 0.2) is 0 Å². The molecule has 5 heteroatoms. The van der Waals surface area contributed by atoms with Crippen LogP contribution in [-0.2, 0) is 6.42 Å². The average molecular weight is 301 g/mol. The summed E-state index contributed by atoms with van der Waals surface area (Å²) in [5.41, 5.74) is 1.15. The summed E-state index contributed by atoms with van der Waals surface area (Å²) in [4.78, 5) is 7.21. The summed E-state index contributed by atoms with van der Waals surface area (Å²) < 4.78 is 0.847. The van der Waals surface area contributed by atoms with Crippen LogP contribution in [0, 0.1) is 13.8 Å². The van der Waals surface area contributed by atoms with Crippen LogP contribution in [-0.4, -0.2) is 11.5 Å². The van der Waals surface area contributed by atoms with Crippen molar-refractivity contribution in [1.82, 2.24) is 10.3 Å². The molecule has 2 rings (SSSR count). The number of aryl methyl sites for hydroxylation is 2. The van der Waals surface area contributed by atoms with Gasteiger partial charge in [-0.1, -0.05) is 18.5 Å². The molecule has 0 aliphatic carbocycles. The molecule has 2 nitrogen and oxygen atoms in total. The van der Waals surface area contributed by atoms with Crippen molar-refractivity contribution >= 4 is 34.3 Å². The van der Waals surface area contributed by atoms with Gasteiger partial charge < -0.3 is 5.32 Å². The van der Waals surface area contributed by atoms with Crippen molar-refractivity contribution in [1.29, 1.82) is 0 Å². The van der Waals surface area contributed by atoms with Gasteiger partial charge in [-0.3, -0.25) is 0 Å². The summed E-state index contributed by atoms with van der Waals surface area (Å²) >= 11 is 9.45. The van der Waals surface area contributed by atoms with Crippen LogP contribution in [0.5, 0.6) is 0 Å². The minimum absolute atomic E-state index is 0.317. The van der Waals surface area contributed by atoms with Gasteiger partial charge in [0.2, 0.25) is 0 Å². The number of nitrogens with one attached hydrogen (secondary N) is 1. The van der Waals surface area contributed by atoms with Crippen molar-refractivity contribution in [2.75, 3.05) is 6.54 Å². The van der Waals surface area contributed by atoms with E-state index in [-0.39, 0.29) is 0 Å². The monoisotopic (exact) mass is 300 g/mol. The first kappa shape index (κ1) is 14.0. The highest BCUT2D eigenvalue weighted by molar-refractivity contribution is 7.16. The topological polar surface area (TPSA) is 24.9 Å². The molecule has 1 N–H and O–H groups in total.